The highest BCUT2D eigenvalue weighted by Gasteiger charge is 2.11. The van der Waals surface area contributed by atoms with E-state index in [1.165, 1.54) is 12.1 Å². The molecule has 0 amide bonds. The van der Waals surface area contributed by atoms with Gasteiger partial charge in [-0.15, -0.1) is 0 Å². The highest BCUT2D eigenvalue weighted by atomic mass is 19.1. The van der Waals surface area contributed by atoms with Crippen LogP contribution in [-0.2, 0) is 0 Å². The molecule has 0 aromatic heterocycles. The lowest BCUT2D eigenvalue weighted by Crippen LogP contribution is -1.93. The molecule has 0 radical (unpaired) electrons. The first-order chi connectivity index (χ1) is 8.13. The first-order valence-electron chi connectivity index (χ1n) is 5.53. The first kappa shape index (κ1) is 11.6. The maximum atomic E-state index is 13.2. The van der Waals surface area contributed by atoms with Gasteiger partial charge in [-0.25, -0.2) is 4.39 Å². The van der Waals surface area contributed by atoms with E-state index in [1.54, 1.807) is 13.2 Å². The van der Waals surface area contributed by atoms with Gasteiger partial charge in [-0.3, -0.25) is 0 Å². The SMILES string of the molecule is COc1cc(F)ccc1-c1c(C)cccc1C. The van der Waals surface area contributed by atoms with E-state index < -0.39 is 0 Å². The summed E-state index contributed by atoms with van der Waals surface area (Å²) in [7, 11) is 1.56. The van der Waals surface area contributed by atoms with Crippen LogP contribution in [0.25, 0.3) is 11.1 Å². The van der Waals surface area contributed by atoms with Gasteiger partial charge in [0.2, 0.25) is 0 Å². The molecule has 0 heterocycles. The van der Waals surface area contributed by atoms with Crippen LogP contribution in [-0.4, -0.2) is 7.11 Å². The van der Waals surface area contributed by atoms with Crippen LogP contribution in [0.4, 0.5) is 4.39 Å². The zero-order valence-corrected chi connectivity index (χ0v) is 10.3. The fourth-order valence-corrected chi connectivity index (χ4v) is 2.11. The molecule has 88 valence electrons. The fraction of sp³-hybridized carbons (Fsp3) is 0.200. The van der Waals surface area contributed by atoms with Crippen LogP contribution in [0.5, 0.6) is 5.75 Å². The second-order valence-corrected chi connectivity index (χ2v) is 4.11. The largest absolute Gasteiger partial charge is 0.496 e. The van der Waals surface area contributed by atoms with Crippen LogP contribution in [0.3, 0.4) is 0 Å². The molecule has 0 bridgehead atoms. The van der Waals surface area contributed by atoms with Crippen molar-refractivity contribution in [2.45, 2.75) is 13.8 Å². The molecule has 2 aromatic carbocycles. The van der Waals surface area contributed by atoms with E-state index in [-0.39, 0.29) is 5.82 Å². The van der Waals surface area contributed by atoms with Gasteiger partial charge < -0.3 is 4.74 Å². The molecule has 0 aliphatic heterocycles. The Morgan fingerprint density at radius 3 is 2.24 bits per heavy atom. The van der Waals surface area contributed by atoms with Crippen molar-refractivity contribution in [1.82, 2.24) is 0 Å². The summed E-state index contributed by atoms with van der Waals surface area (Å²) in [6.45, 7) is 4.09. The van der Waals surface area contributed by atoms with Crippen LogP contribution < -0.4 is 4.74 Å². The molecule has 0 aliphatic carbocycles. The van der Waals surface area contributed by atoms with Crippen LogP contribution in [0.15, 0.2) is 36.4 Å². The van der Waals surface area contributed by atoms with E-state index in [2.05, 4.69) is 0 Å². The zero-order chi connectivity index (χ0) is 12.4. The molecule has 2 aromatic rings. The molecule has 0 unspecified atom stereocenters. The third-order valence-electron chi connectivity index (χ3n) is 2.91. The Morgan fingerprint density at radius 2 is 1.65 bits per heavy atom. The number of rotatable bonds is 2. The average Bonchev–Trinajstić information content (AvgIpc) is 2.30. The minimum Gasteiger partial charge on any atom is -0.496 e. The molecule has 17 heavy (non-hydrogen) atoms. The van der Waals surface area contributed by atoms with Crippen LogP contribution in [0, 0.1) is 19.7 Å². The summed E-state index contributed by atoms with van der Waals surface area (Å²) < 4.78 is 18.4. The molecular formula is C15H15FO. The topological polar surface area (TPSA) is 9.23 Å². The summed E-state index contributed by atoms with van der Waals surface area (Å²) in [5.41, 5.74) is 4.37. The highest BCUT2D eigenvalue weighted by Crippen LogP contribution is 2.34. The Hall–Kier alpha value is -1.83. The Morgan fingerprint density at radius 1 is 1.00 bits per heavy atom. The third-order valence-corrected chi connectivity index (χ3v) is 2.91. The van der Waals surface area contributed by atoms with E-state index >= 15 is 0 Å². The Balaban J connectivity index is 2.68. The van der Waals surface area contributed by atoms with Crippen molar-refractivity contribution in [3.8, 4) is 16.9 Å². The molecule has 0 fully saturated rings. The predicted octanol–water partition coefficient (Wildman–Crippen LogP) is 4.12. The molecule has 0 spiro atoms. The lowest BCUT2D eigenvalue weighted by atomic mass is 9.95. The third kappa shape index (κ3) is 2.16. The summed E-state index contributed by atoms with van der Waals surface area (Å²) in [6.07, 6.45) is 0. The van der Waals surface area contributed by atoms with Gasteiger partial charge in [-0.05, 0) is 42.7 Å². The quantitative estimate of drug-likeness (QED) is 0.754. The number of ether oxygens (including phenoxy) is 1. The minimum atomic E-state index is -0.281. The van der Waals surface area contributed by atoms with Gasteiger partial charge >= 0.3 is 0 Å². The molecule has 0 saturated heterocycles. The number of hydrogen-bond donors (Lipinski definition) is 0. The molecule has 0 atom stereocenters. The lowest BCUT2D eigenvalue weighted by Gasteiger charge is -2.13. The number of halogens is 1. The molecule has 0 saturated carbocycles. The van der Waals surface area contributed by atoms with E-state index in [0.29, 0.717) is 5.75 Å². The molecule has 1 nitrogen and oxygen atoms in total. The smallest absolute Gasteiger partial charge is 0.129 e. The number of benzene rings is 2. The molecule has 0 aliphatic rings. The average molecular weight is 230 g/mol. The summed E-state index contributed by atoms with van der Waals surface area (Å²) in [5, 5.41) is 0. The van der Waals surface area contributed by atoms with Crippen LogP contribution in [0.1, 0.15) is 11.1 Å². The second kappa shape index (κ2) is 4.58. The van der Waals surface area contributed by atoms with Crippen LogP contribution in [0.2, 0.25) is 0 Å². The normalized spacial score (nSPS) is 10.4. The van der Waals surface area contributed by atoms with Gasteiger partial charge in [-0.2, -0.15) is 0 Å². The van der Waals surface area contributed by atoms with Crippen molar-refractivity contribution < 1.29 is 9.13 Å². The second-order valence-electron chi connectivity index (χ2n) is 4.11. The maximum absolute atomic E-state index is 13.2. The van der Waals surface area contributed by atoms with Gasteiger partial charge in [0, 0.05) is 11.6 Å². The lowest BCUT2D eigenvalue weighted by molar-refractivity contribution is 0.413. The summed E-state index contributed by atoms with van der Waals surface area (Å²) >= 11 is 0. The Bertz CT molecular complexity index is 526. The summed E-state index contributed by atoms with van der Waals surface area (Å²) in [5.74, 6) is 0.291. The molecule has 2 heteroatoms. The monoisotopic (exact) mass is 230 g/mol. The summed E-state index contributed by atoms with van der Waals surface area (Å²) in [4.78, 5) is 0. The van der Waals surface area contributed by atoms with Crippen molar-refractivity contribution in [3.05, 3.63) is 53.3 Å². The minimum absolute atomic E-state index is 0.281. The van der Waals surface area contributed by atoms with Gasteiger partial charge in [-0.1, -0.05) is 18.2 Å². The molecule has 2 rings (SSSR count). The first-order valence-corrected chi connectivity index (χ1v) is 5.53. The van der Waals surface area contributed by atoms with Crippen molar-refractivity contribution in [3.63, 3.8) is 0 Å². The van der Waals surface area contributed by atoms with Gasteiger partial charge in [0.05, 0.1) is 7.11 Å². The van der Waals surface area contributed by atoms with Crippen molar-refractivity contribution in [2.24, 2.45) is 0 Å². The van der Waals surface area contributed by atoms with E-state index in [1.807, 2.05) is 32.0 Å². The van der Waals surface area contributed by atoms with Crippen molar-refractivity contribution in [1.29, 1.82) is 0 Å². The number of hydrogen-bond acceptors (Lipinski definition) is 1. The standard InChI is InChI=1S/C15H15FO/c1-10-5-4-6-11(2)15(10)13-8-7-12(16)9-14(13)17-3/h4-9H,1-3H3. The van der Waals surface area contributed by atoms with E-state index in [0.717, 1.165) is 22.3 Å². The zero-order valence-electron chi connectivity index (χ0n) is 10.3. The summed E-state index contributed by atoms with van der Waals surface area (Å²) in [6, 6.07) is 10.8. The number of aryl methyl sites for hydroxylation is 2. The van der Waals surface area contributed by atoms with Crippen molar-refractivity contribution >= 4 is 0 Å². The highest BCUT2D eigenvalue weighted by molar-refractivity contribution is 5.76. The Labute approximate surface area is 101 Å². The Kier molecular flexibility index (Phi) is 3.14. The fourth-order valence-electron chi connectivity index (χ4n) is 2.11. The maximum Gasteiger partial charge on any atom is 0.129 e. The van der Waals surface area contributed by atoms with E-state index in [4.69, 9.17) is 4.74 Å². The van der Waals surface area contributed by atoms with Gasteiger partial charge in [0.25, 0.3) is 0 Å². The van der Waals surface area contributed by atoms with Crippen molar-refractivity contribution in [2.75, 3.05) is 7.11 Å². The van der Waals surface area contributed by atoms with Gasteiger partial charge in [0.1, 0.15) is 11.6 Å². The van der Waals surface area contributed by atoms with Gasteiger partial charge in [0.15, 0.2) is 0 Å². The van der Waals surface area contributed by atoms with E-state index in [9.17, 15) is 4.39 Å². The van der Waals surface area contributed by atoms with Crippen LogP contribution >= 0.6 is 0 Å². The predicted molar refractivity (Wildman–Crippen MR) is 67.9 cm³/mol. The molecule has 0 N–H and O–H groups in total. The molecular weight excluding hydrogens is 215 g/mol. The number of methoxy groups -OCH3 is 1.